The zero-order chi connectivity index (χ0) is 14.7. The Bertz CT molecular complexity index is 442. The average molecular weight is 297 g/mol. The van der Waals surface area contributed by atoms with Crippen LogP contribution in [0.2, 0.25) is 5.02 Å². The Labute approximate surface area is 127 Å². The van der Waals surface area contributed by atoms with E-state index in [0.717, 1.165) is 29.4 Å². The predicted molar refractivity (Wildman–Crippen MR) is 84.3 cm³/mol. The van der Waals surface area contributed by atoms with Gasteiger partial charge in [0.1, 0.15) is 5.75 Å². The summed E-state index contributed by atoms with van der Waals surface area (Å²) >= 11 is 6.41. The van der Waals surface area contributed by atoms with Crippen LogP contribution in [0.1, 0.15) is 31.9 Å². The van der Waals surface area contributed by atoms with Crippen molar-refractivity contribution in [2.24, 2.45) is 17.6 Å². The topological polar surface area (TPSA) is 38.5 Å². The highest BCUT2D eigenvalue weighted by atomic mass is 35.5. The first-order valence-electron chi connectivity index (χ1n) is 7.33. The van der Waals surface area contributed by atoms with Crippen LogP contribution in [0.25, 0.3) is 0 Å². The van der Waals surface area contributed by atoms with Gasteiger partial charge in [0.25, 0.3) is 0 Å². The van der Waals surface area contributed by atoms with Crippen molar-refractivity contribution in [3.05, 3.63) is 28.8 Å². The molecule has 0 saturated carbocycles. The monoisotopic (exact) mass is 296 g/mol. The lowest BCUT2D eigenvalue weighted by atomic mass is 9.89. The third-order valence-corrected chi connectivity index (χ3v) is 4.46. The number of rotatable bonds is 4. The Kier molecular flexibility index (Phi) is 5.30. The van der Waals surface area contributed by atoms with Crippen molar-refractivity contribution in [3.8, 4) is 5.75 Å². The zero-order valence-corrected chi connectivity index (χ0v) is 13.4. The lowest BCUT2D eigenvalue weighted by molar-refractivity contribution is 0.0971. The molecule has 4 heteroatoms. The smallest absolute Gasteiger partial charge is 0.125 e. The summed E-state index contributed by atoms with van der Waals surface area (Å²) in [5.41, 5.74) is 7.09. The third kappa shape index (κ3) is 3.27. The highest BCUT2D eigenvalue weighted by molar-refractivity contribution is 6.31. The van der Waals surface area contributed by atoms with Gasteiger partial charge in [0.05, 0.1) is 13.2 Å². The molecule has 2 rings (SSSR count). The number of benzene rings is 1. The standard InChI is InChI=1S/C16H25ClN2O/c1-11-7-12(2)10-19(9-11)14(8-18)16-13(17)5-4-6-15(16)20-3/h4-6,11-12,14H,7-10,18H2,1-3H3. The molecule has 1 heterocycles. The summed E-state index contributed by atoms with van der Waals surface area (Å²) in [6.45, 7) is 7.31. The van der Waals surface area contributed by atoms with Crippen LogP contribution in [0.4, 0.5) is 0 Å². The molecule has 1 aliphatic heterocycles. The first-order valence-corrected chi connectivity index (χ1v) is 7.71. The van der Waals surface area contributed by atoms with Gasteiger partial charge in [-0.3, -0.25) is 4.90 Å². The molecule has 3 atom stereocenters. The van der Waals surface area contributed by atoms with Crippen LogP contribution in [0.3, 0.4) is 0 Å². The maximum atomic E-state index is 6.41. The summed E-state index contributed by atoms with van der Waals surface area (Å²) in [5, 5.41) is 0.741. The third-order valence-electron chi connectivity index (χ3n) is 4.13. The van der Waals surface area contributed by atoms with Gasteiger partial charge >= 0.3 is 0 Å². The highest BCUT2D eigenvalue weighted by Gasteiger charge is 2.30. The molecule has 0 aliphatic carbocycles. The second kappa shape index (κ2) is 6.79. The molecule has 0 bridgehead atoms. The molecule has 1 fully saturated rings. The maximum absolute atomic E-state index is 6.41. The summed E-state index contributed by atoms with van der Waals surface area (Å²) in [7, 11) is 1.68. The molecule has 1 aromatic carbocycles. The van der Waals surface area contributed by atoms with Crippen LogP contribution in [-0.4, -0.2) is 31.6 Å². The Morgan fingerprint density at radius 1 is 1.35 bits per heavy atom. The van der Waals surface area contributed by atoms with Crippen molar-refractivity contribution >= 4 is 11.6 Å². The fourth-order valence-electron chi connectivity index (χ4n) is 3.43. The Morgan fingerprint density at radius 3 is 2.55 bits per heavy atom. The number of nitrogens with two attached hydrogens (primary N) is 1. The summed E-state index contributed by atoms with van der Waals surface area (Å²) in [6, 6.07) is 5.92. The van der Waals surface area contributed by atoms with Crippen LogP contribution < -0.4 is 10.5 Å². The first-order chi connectivity index (χ1) is 9.56. The summed E-state index contributed by atoms with van der Waals surface area (Å²) in [5.74, 6) is 2.22. The SMILES string of the molecule is COc1cccc(Cl)c1C(CN)N1CC(C)CC(C)C1. The average Bonchev–Trinajstić information content (AvgIpc) is 2.40. The van der Waals surface area contributed by atoms with Crippen molar-refractivity contribution in [1.29, 1.82) is 0 Å². The van der Waals surface area contributed by atoms with Gasteiger partial charge in [0, 0.05) is 30.2 Å². The molecule has 1 aliphatic rings. The second-order valence-electron chi connectivity index (χ2n) is 6.01. The number of likely N-dealkylation sites (tertiary alicyclic amines) is 1. The van der Waals surface area contributed by atoms with E-state index >= 15 is 0 Å². The molecular formula is C16H25ClN2O. The Balaban J connectivity index is 2.32. The summed E-state index contributed by atoms with van der Waals surface area (Å²) in [4.78, 5) is 2.46. The van der Waals surface area contributed by atoms with E-state index in [1.54, 1.807) is 7.11 Å². The normalized spacial score (nSPS) is 25.4. The van der Waals surface area contributed by atoms with Crippen LogP contribution in [0.5, 0.6) is 5.75 Å². The minimum absolute atomic E-state index is 0.129. The molecule has 3 nitrogen and oxygen atoms in total. The van der Waals surface area contributed by atoms with Gasteiger partial charge in [0.2, 0.25) is 0 Å². The van der Waals surface area contributed by atoms with E-state index in [1.807, 2.05) is 18.2 Å². The van der Waals surface area contributed by atoms with Crippen LogP contribution in [-0.2, 0) is 0 Å². The molecular weight excluding hydrogens is 272 g/mol. The quantitative estimate of drug-likeness (QED) is 0.926. The number of hydrogen-bond acceptors (Lipinski definition) is 3. The van der Waals surface area contributed by atoms with Gasteiger partial charge in [-0.25, -0.2) is 0 Å². The van der Waals surface area contributed by atoms with E-state index < -0.39 is 0 Å². The van der Waals surface area contributed by atoms with Gasteiger partial charge in [-0.2, -0.15) is 0 Å². The zero-order valence-electron chi connectivity index (χ0n) is 12.6. The number of nitrogens with zero attached hydrogens (tertiary/aromatic N) is 1. The molecule has 1 saturated heterocycles. The Hall–Kier alpha value is -0.770. The van der Waals surface area contributed by atoms with Gasteiger partial charge < -0.3 is 10.5 Å². The van der Waals surface area contributed by atoms with E-state index in [9.17, 15) is 0 Å². The number of piperidine rings is 1. The maximum Gasteiger partial charge on any atom is 0.125 e. The summed E-state index contributed by atoms with van der Waals surface area (Å²) < 4.78 is 5.49. The molecule has 112 valence electrons. The fraction of sp³-hybridized carbons (Fsp3) is 0.625. The minimum atomic E-state index is 0.129. The van der Waals surface area contributed by atoms with Crippen molar-refractivity contribution in [1.82, 2.24) is 4.90 Å². The highest BCUT2D eigenvalue weighted by Crippen LogP contribution is 2.37. The van der Waals surface area contributed by atoms with Gasteiger partial charge in [-0.1, -0.05) is 31.5 Å². The molecule has 20 heavy (non-hydrogen) atoms. The summed E-state index contributed by atoms with van der Waals surface area (Å²) in [6.07, 6.45) is 1.29. The number of ether oxygens (including phenoxy) is 1. The molecule has 0 aromatic heterocycles. The number of halogens is 1. The lowest BCUT2D eigenvalue weighted by Gasteiger charge is -2.40. The van der Waals surface area contributed by atoms with Gasteiger partial charge in [-0.05, 0) is 30.4 Å². The fourth-order valence-corrected chi connectivity index (χ4v) is 3.73. The van der Waals surface area contributed by atoms with E-state index in [-0.39, 0.29) is 6.04 Å². The molecule has 1 aromatic rings. The van der Waals surface area contributed by atoms with Crippen LogP contribution >= 0.6 is 11.6 Å². The van der Waals surface area contributed by atoms with Gasteiger partial charge in [-0.15, -0.1) is 0 Å². The van der Waals surface area contributed by atoms with E-state index in [4.69, 9.17) is 22.1 Å². The second-order valence-corrected chi connectivity index (χ2v) is 6.41. The minimum Gasteiger partial charge on any atom is -0.496 e. The molecule has 0 spiro atoms. The van der Waals surface area contributed by atoms with Crippen molar-refractivity contribution in [3.63, 3.8) is 0 Å². The van der Waals surface area contributed by atoms with Gasteiger partial charge in [0.15, 0.2) is 0 Å². The molecule has 0 amide bonds. The molecule has 3 unspecified atom stereocenters. The number of methoxy groups -OCH3 is 1. The first kappa shape index (κ1) is 15.6. The van der Waals surface area contributed by atoms with Crippen molar-refractivity contribution < 1.29 is 4.74 Å². The number of hydrogen-bond donors (Lipinski definition) is 1. The van der Waals surface area contributed by atoms with E-state index in [0.29, 0.717) is 18.4 Å². The predicted octanol–water partition coefficient (Wildman–Crippen LogP) is 3.33. The lowest BCUT2D eigenvalue weighted by Crippen LogP contribution is -2.43. The van der Waals surface area contributed by atoms with Crippen molar-refractivity contribution in [2.75, 3.05) is 26.7 Å². The van der Waals surface area contributed by atoms with Crippen molar-refractivity contribution in [2.45, 2.75) is 26.3 Å². The molecule has 2 N–H and O–H groups in total. The van der Waals surface area contributed by atoms with Crippen LogP contribution in [0, 0.1) is 11.8 Å². The van der Waals surface area contributed by atoms with E-state index in [1.165, 1.54) is 6.42 Å². The van der Waals surface area contributed by atoms with E-state index in [2.05, 4.69) is 18.7 Å². The largest absolute Gasteiger partial charge is 0.496 e. The Morgan fingerprint density at radius 2 is 2.00 bits per heavy atom. The van der Waals surface area contributed by atoms with Crippen LogP contribution in [0.15, 0.2) is 18.2 Å². The molecule has 0 radical (unpaired) electrons.